The lowest BCUT2D eigenvalue weighted by Gasteiger charge is -2.19. The number of rotatable bonds is 2. The molecule has 2 fully saturated rings. The molecule has 0 unspecified atom stereocenters. The Morgan fingerprint density at radius 1 is 1.06 bits per heavy atom. The van der Waals surface area contributed by atoms with Gasteiger partial charge in [-0.2, -0.15) is 0 Å². The van der Waals surface area contributed by atoms with Crippen LogP contribution in [0.15, 0.2) is 24.3 Å². The van der Waals surface area contributed by atoms with Crippen LogP contribution < -0.4 is 4.90 Å². The number of anilines is 1. The molecule has 3 rings (SSSR count). The standard InChI is InChI=1S/C13H17NO2.C2H6/c1-2-7-14(6-1)12-5-3-4-11(10-12)13-15-8-9-16-13;1-2/h3-5,10,13H,1-2,6-9H2;1-2H3. The highest BCUT2D eigenvalue weighted by Crippen LogP contribution is 2.28. The highest BCUT2D eigenvalue weighted by Gasteiger charge is 2.19. The molecule has 0 atom stereocenters. The van der Waals surface area contributed by atoms with E-state index in [1.807, 2.05) is 13.8 Å². The monoisotopic (exact) mass is 249 g/mol. The zero-order chi connectivity index (χ0) is 12.8. The molecule has 18 heavy (non-hydrogen) atoms. The third-order valence-corrected chi connectivity index (χ3v) is 3.24. The molecule has 0 N–H and O–H groups in total. The van der Waals surface area contributed by atoms with E-state index in [-0.39, 0.29) is 6.29 Å². The summed E-state index contributed by atoms with van der Waals surface area (Å²) in [7, 11) is 0. The fraction of sp³-hybridized carbons (Fsp3) is 0.600. The Hall–Kier alpha value is -1.06. The number of hydrogen-bond donors (Lipinski definition) is 0. The maximum absolute atomic E-state index is 5.52. The first-order chi connectivity index (χ1) is 8.93. The minimum Gasteiger partial charge on any atom is -0.372 e. The number of nitrogens with zero attached hydrogens (tertiary/aromatic N) is 1. The smallest absolute Gasteiger partial charge is 0.184 e. The Balaban J connectivity index is 0.000000574. The molecular formula is C15H23NO2. The summed E-state index contributed by atoms with van der Waals surface area (Å²) in [5, 5.41) is 0. The van der Waals surface area contributed by atoms with Crippen LogP contribution in [-0.2, 0) is 9.47 Å². The van der Waals surface area contributed by atoms with Crippen molar-refractivity contribution in [2.75, 3.05) is 31.2 Å². The van der Waals surface area contributed by atoms with Gasteiger partial charge in [-0.25, -0.2) is 0 Å². The van der Waals surface area contributed by atoms with Gasteiger partial charge in [0.05, 0.1) is 13.2 Å². The quantitative estimate of drug-likeness (QED) is 0.802. The Labute approximate surface area is 110 Å². The molecule has 2 heterocycles. The molecule has 0 amide bonds. The first-order valence-corrected chi connectivity index (χ1v) is 7.01. The molecule has 1 aromatic rings. The van der Waals surface area contributed by atoms with E-state index in [0.29, 0.717) is 13.2 Å². The summed E-state index contributed by atoms with van der Waals surface area (Å²) < 4.78 is 11.0. The van der Waals surface area contributed by atoms with Crippen LogP contribution in [0.4, 0.5) is 5.69 Å². The summed E-state index contributed by atoms with van der Waals surface area (Å²) in [4.78, 5) is 2.43. The van der Waals surface area contributed by atoms with E-state index in [1.165, 1.54) is 31.6 Å². The molecule has 0 aromatic heterocycles. The predicted octanol–water partition coefficient (Wildman–Crippen LogP) is 3.36. The van der Waals surface area contributed by atoms with Gasteiger partial charge in [-0.1, -0.05) is 26.0 Å². The largest absolute Gasteiger partial charge is 0.372 e. The number of hydrogen-bond acceptors (Lipinski definition) is 3. The summed E-state index contributed by atoms with van der Waals surface area (Å²) >= 11 is 0. The van der Waals surface area contributed by atoms with E-state index in [1.54, 1.807) is 0 Å². The van der Waals surface area contributed by atoms with Crippen LogP contribution in [0.3, 0.4) is 0 Å². The van der Waals surface area contributed by atoms with Gasteiger partial charge in [0.25, 0.3) is 0 Å². The van der Waals surface area contributed by atoms with Crippen molar-refractivity contribution in [3.05, 3.63) is 29.8 Å². The highest BCUT2D eigenvalue weighted by molar-refractivity contribution is 5.49. The molecular weight excluding hydrogens is 226 g/mol. The van der Waals surface area contributed by atoms with Crippen LogP contribution in [0, 0.1) is 0 Å². The van der Waals surface area contributed by atoms with Crippen LogP contribution in [0.2, 0.25) is 0 Å². The van der Waals surface area contributed by atoms with E-state index >= 15 is 0 Å². The summed E-state index contributed by atoms with van der Waals surface area (Å²) in [5.41, 5.74) is 2.44. The van der Waals surface area contributed by atoms with E-state index in [9.17, 15) is 0 Å². The summed E-state index contributed by atoms with van der Waals surface area (Å²) in [6.45, 7) is 7.77. The Morgan fingerprint density at radius 3 is 2.39 bits per heavy atom. The Kier molecular flexibility index (Phi) is 5.02. The second-order valence-electron chi connectivity index (χ2n) is 4.36. The average Bonchev–Trinajstić information content (AvgIpc) is 3.15. The lowest BCUT2D eigenvalue weighted by Crippen LogP contribution is -2.17. The van der Waals surface area contributed by atoms with Crippen molar-refractivity contribution < 1.29 is 9.47 Å². The van der Waals surface area contributed by atoms with Gasteiger partial charge >= 0.3 is 0 Å². The minimum absolute atomic E-state index is 0.150. The second-order valence-corrected chi connectivity index (χ2v) is 4.36. The third-order valence-electron chi connectivity index (χ3n) is 3.24. The van der Waals surface area contributed by atoms with E-state index in [0.717, 1.165) is 5.56 Å². The molecule has 0 saturated carbocycles. The second kappa shape index (κ2) is 6.76. The summed E-state index contributed by atoms with van der Waals surface area (Å²) in [6.07, 6.45) is 2.46. The molecule has 2 aliphatic heterocycles. The normalized spacial score (nSPS) is 19.8. The van der Waals surface area contributed by atoms with Gasteiger partial charge in [0.15, 0.2) is 6.29 Å². The van der Waals surface area contributed by atoms with Crippen molar-refractivity contribution in [1.82, 2.24) is 0 Å². The fourth-order valence-electron chi connectivity index (χ4n) is 2.39. The molecule has 3 nitrogen and oxygen atoms in total. The molecule has 2 aliphatic rings. The van der Waals surface area contributed by atoms with Crippen molar-refractivity contribution >= 4 is 5.69 Å². The third kappa shape index (κ3) is 3.03. The number of ether oxygens (including phenoxy) is 2. The van der Waals surface area contributed by atoms with Crippen molar-refractivity contribution in [3.8, 4) is 0 Å². The molecule has 0 bridgehead atoms. The fourth-order valence-corrected chi connectivity index (χ4v) is 2.39. The van der Waals surface area contributed by atoms with E-state index < -0.39 is 0 Å². The van der Waals surface area contributed by atoms with Crippen LogP contribution in [0.1, 0.15) is 38.5 Å². The molecule has 2 saturated heterocycles. The summed E-state index contributed by atoms with van der Waals surface area (Å²) in [6, 6.07) is 8.54. The minimum atomic E-state index is -0.150. The highest BCUT2D eigenvalue weighted by atomic mass is 16.7. The van der Waals surface area contributed by atoms with E-state index in [4.69, 9.17) is 9.47 Å². The zero-order valence-corrected chi connectivity index (χ0v) is 11.4. The first-order valence-electron chi connectivity index (χ1n) is 7.01. The lowest BCUT2D eigenvalue weighted by atomic mass is 10.2. The maximum Gasteiger partial charge on any atom is 0.184 e. The molecule has 0 spiro atoms. The van der Waals surface area contributed by atoms with Gasteiger partial charge in [0.2, 0.25) is 0 Å². The van der Waals surface area contributed by atoms with Gasteiger partial charge < -0.3 is 14.4 Å². The van der Waals surface area contributed by atoms with Gasteiger partial charge in [-0.15, -0.1) is 0 Å². The van der Waals surface area contributed by atoms with Crippen LogP contribution in [0.5, 0.6) is 0 Å². The lowest BCUT2D eigenvalue weighted by molar-refractivity contribution is -0.0440. The Morgan fingerprint density at radius 2 is 1.72 bits per heavy atom. The van der Waals surface area contributed by atoms with Crippen molar-refractivity contribution in [1.29, 1.82) is 0 Å². The number of benzene rings is 1. The van der Waals surface area contributed by atoms with Crippen molar-refractivity contribution in [2.24, 2.45) is 0 Å². The molecule has 100 valence electrons. The summed E-state index contributed by atoms with van der Waals surface area (Å²) in [5.74, 6) is 0. The SMILES string of the molecule is CC.c1cc(C2OCCO2)cc(N2CCCC2)c1. The van der Waals surface area contributed by atoms with Crippen LogP contribution in [0.25, 0.3) is 0 Å². The van der Waals surface area contributed by atoms with Gasteiger partial charge in [0.1, 0.15) is 0 Å². The maximum atomic E-state index is 5.52. The molecule has 3 heteroatoms. The first kappa shape index (κ1) is 13.4. The molecule has 0 radical (unpaired) electrons. The van der Waals surface area contributed by atoms with Crippen LogP contribution >= 0.6 is 0 Å². The van der Waals surface area contributed by atoms with Crippen LogP contribution in [-0.4, -0.2) is 26.3 Å². The zero-order valence-electron chi connectivity index (χ0n) is 11.4. The van der Waals surface area contributed by atoms with Gasteiger partial charge in [-0.05, 0) is 25.0 Å². The van der Waals surface area contributed by atoms with Gasteiger partial charge in [-0.3, -0.25) is 0 Å². The topological polar surface area (TPSA) is 21.7 Å². The molecule has 1 aromatic carbocycles. The molecule has 0 aliphatic carbocycles. The van der Waals surface area contributed by atoms with Gasteiger partial charge in [0, 0.05) is 24.3 Å². The Bertz CT molecular complexity index is 324. The van der Waals surface area contributed by atoms with Crippen molar-refractivity contribution in [2.45, 2.75) is 33.0 Å². The van der Waals surface area contributed by atoms with Crippen molar-refractivity contribution in [3.63, 3.8) is 0 Å². The average molecular weight is 249 g/mol. The predicted molar refractivity (Wildman–Crippen MR) is 73.9 cm³/mol. The van der Waals surface area contributed by atoms with E-state index in [2.05, 4.69) is 29.2 Å².